The molecule has 3 rings (SSSR count). The summed E-state index contributed by atoms with van der Waals surface area (Å²) in [5.74, 6) is 1.01. The molecule has 8 nitrogen and oxygen atoms in total. The van der Waals surface area contributed by atoms with Crippen LogP contribution in [0.2, 0.25) is 0 Å². The number of phenolic OH excluding ortho intramolecular Hbond substituents is 1. The van der Waals surface area contributed by atoms with Gasteiger partial charge in [-0.25, -0.2) is 0 Å². The average Bonchev–Trinajstić information content (AvgIpc) is 3.22. The van der Waals surface area contributed by atoms with Crippen molar-refractivity contribution in [3.05, 3.63) is 53.1 Å². The van der Waals surface area contributed by atoms with Crippen LogP contribution in [0, 0.1) is 11.8 Å². The summed E-state index contributed by atoms with van der Waals surface area (Å²) in [6.07, 6.45) is 3.81. The number of hydrogen-bond acceptors (Lipinski definition) is 8. The third-order valence-corrected chi connectivity index (χ3v) is 6.09. The number of hydrogen-bond donors (Lipinski definition) is 1. The lowest BCUT2D eigenvalue weighted by atomic mass is 9.90. The number of ether oxygens (including phenoxy) is 5. The molecule has 2 aromatic rings. The van der Waals surface area contributed by atoms with Gasteiger partial charge in [0, 0.05) is 18.4 Å². The molecule has 0 fully saturated rings. The fourth-order valence-electron chi connectivity index (χ4n) is 4.31. The van der Waals surface area contributed by atoms with Crippen molar-refractivity contribution in [1.29, 1.82) is 0 Å². The number of methoxy groups -OCH3 is 2. The van der Waals surface area contributed by atoms with E-state index in [-0.39, 0.29) is 48.7 Å². The first kappa shape index (κ1) is 28.9. The number of carbonyl (C=O) groups excluding carboxylic acids is 2. The normalized spacial score (nSPS) is 16.4. The zero-order valence-corrected chi connectivity index (χ0v) is 23.0. The van der Waals surface area contributed by atoms with E-state index in [1.54, 1.807) is 31.4 Å². The third-order valence-electron chi connectivity index (χ3n) is 6.09. The van der Waals surface area contributed by atoms with E-state index < -0.39 is 6.10 Å². The van der Waals surface area contributed by atoms with Gasteiger partial charge >= 0.3 is 11.9 Å². The first-order valence-corrected chi connectivity index (χ1v) is 12.9. The SMILES string of the molecule is COc1cc([C@@H]2Oc3c(OC)cc(/C=C/COC(=O)CC(C)C)cc3[C@H]2COC(=O)CC(C)C)ccc1O. The van der Waals surface area contributed by atoms with Gasteiger partial charge in [0.25, 0.3) is 0 Å². The van der Waals surface area contributed by atoms with Crippen molar-refractivity contribution in [3.8, 4) is 23.0 Å². The largest absolute Gasteiger partial charge is 0.504 e. The molecular formula is C30H38O8. The average molecular weight is 527 g/mol. The third kappa shape index (κ3) is 7.43. The molecule has 1 aliphatic rings. The number of esters is 2. The van der Waals surface area contributed by atoms with Crippen LogP contribution in [0.5, 0.6) is 23.0 Å². The lowest BCUT2D eigenvalue weighted by Gasteiger charge is -2.20. The molecule has 0 radical (unpaired) electrons. The van der Waals surface area contributed by atoms with Crippen molar-refractivity contribution < 1.29 is 38.4 Å². The summed E-state index contributed by atoms with van der Waals surface area (Å²) in [6.45, 7) is 8.12. The molecule has 2 atom stereocenters. The van der Waals surface area contributed by atoms with Crippen LogP contribution in [0.4, 0.5) is 0 Å². The van der Waals surface area contributed by atoms with Crippen LogP contribution in [0.3, 0.4) is 0 Å². The summed E-state index contributed by atoms with van der Waals surface area (Å²) < 4.78 is 28.3. The fraction of sp³-hybridized carbons (Fsp3) is 0.467. The second-order valence-electron chi connectivity index (χ2n) is 10.2. The lowest BCUT2D eigenvalue weighted by Crippen LogP contribution is -2.18. The summed E-state index contributed by atoms with van der Waals surface area (Å²) in [5, 5.41) is 10.1. The molecule has 1 aliphatic heterocycles. The Balaban J connectivity index is 1.91. The van der Waals surface area contributed by atoms with Gasteiger partial charge in [-0.2, -0.15) is 0 Å². The maximum atomic E-state index is 12.4. The lowest BCUT2D eigenvalue weighted by molar-refractivity contribution is -0.145. The first-order valence-electron chi connectivity index (χ1n) is 12.9. The highest BCUT2D eigenvalue weighted by molar-refractivity contribution is 5.70. The molecule has 38 heavy (non-hydrogen) atoms. The van der Waals surface area contributed by atoms with E-state index in [0.717, 1.165) is 16.7 Å². The number of phenols is 1. The van der Waals surface area contributed by atoms with E-state index in [9.17, 15) is 14.7 Å². The van der Waals surface area contributed by atoms with E-state index >= 15 is 0 Å². The Morgan fingerprint density at radius 2 is 1.61 bits per heavy atom. The molecule has 0 aromatic heterocycles. The standard InChI is InChI=1S/C30H38O8/c1-18(2)12-27(32)36-11-7-8-20-14-22-23(17-37-28(33)13-19(3)4)29(38-30(22)26(15-20)35-6)21-9-10-24(31)25(16-21)34-5/h7-10,14-16,18-19,23,29,31H,11-13,17H2,1-6H3/b8-7+/t23-,29+/m1/s1. The van der Waals surface area contributed by atoms with Gasteiger partial charge in [-0.15, -0.1) is 0 Å². The van der Waals surface area contributed by atoms with Crippen LogP contribution in [-0.2, 0) is 19.1 Å². The molecule has 206 valence electrons. The second-order valence-corrected chi connectivity index (χ2v) is 10.2. The summed E-state index contributed by atoms with van der Waals surface area (Å²) >= 11 is 0. The Kier molecular flexibility index (Phi) is 10.0. The van der Waals surface area contributed by atoms with Crippen molar-refractivity contribution in [1.82, 2.24) is 0 Å². The quantitative estimate of drug-likeness (QED) is 0.346. The summed E-state index contributed by atoms with van der Waals surface area (Å²) in [6, 6.07) is 8.83. The Labute approximate surface area is 224 Å². The smallest absolute Gasteiger partial charge is 0.306 e. The van der Waals surface area contributed by atoms with Crippen LogP contribution in [0.15, 0.2) is 36.4 Å². The summed E-state index contributed by atoms with van der Waals surface area (Å²) in [4.78, 5) is 24.2. The number of rotatable bonds is 12. The van der Waals surface area contributed by atoms with E-state index in [0.29, 0.717) is 30.1 Å². The van der Waals surface area contributed by atoms with Gasteiger partial charge in [-0.3, -0.25) is 9.59 Å². The van der Waals surface area contributed by atoms with Gasteiger partial charge in [-0.05, 0) is 53.3 Å². The van der Waals surface area contributed by atoms with Gasteiger partial charge in [0.1, 0.15) is 19.3 Å². The molecule has 0 spiro atoms. The number of fused-ring (bicyclic) bond motifs is 1. The van der Waals surface area contributed by atoms with Crippen molar-refractivity contribution >= 4 is 18.0 Å². The van der Waals surface area contributed by atoms with Crippen LogP contribution in [-0.4, -0.2) is 44.5 Å². The highest BCUT2D eigenvalue weighted by Crippen LogP contribution is 2.51. The Hall–Kier alpha value is -3.68. The molecule has 1 heterocycles. The molecular weight excluding hydrogens is 488 g/mol. The monoisotopic (exact) mass is 526 g/mol. The predicted molar refractivity (Wildman–Crippen MR) is 144 cm³/mol. The molecule has 1 N–H and O–H groups in total. The first-order chi connectivity index (χ1) is 18.1. The minimum Gasteiger partial charge on any atom is -0.504 e. The van der Waals surface area contributed by atoms with E-state index in [1.807, 2.05) is 45.9 Å². The van der Waals surface area contributed by atoms with E-state index in [1.165, 1.54) is 7.11 Å². The molecule has 0 saturated heterocycles. The van der Waals surface area contributed by atoms with Crippen LogP contribution in [0.25, 0.3) is 6.08 Å². The van der Waals surface area contributed by atoms with Crippen LogP contribution in [0.1, 0.15) is 69.2 Å². The highest BCUT2D eigenvalue weighted by Gasteiger charge is 2.39. The molecule has 0 unspecified atom stereocenters. The minimum atomic E-state index is -0.503. The molecule has 0 saturated carbocycles. The van der Waals surface area contributed by atoms with Gasteiger partial charge in [0.15, 0.2) is 23.0 Å². The van der Waals surface area contributed by atoms with Gasteiger partial charge in [0.2, 0.25) is 0 Å². The van der Waals surface area contributed by atoms with E-state index in [4.69, 9.17) is 23.7 Å². The van der Waals surface area contributed by atoms with E-state index in [2.05, 4.69) is 0 Å². The fourth-order valence-corrected chi connectivity index (χ4v) is 4.31. The van der Waals surface area contributed by atoms with Crippen molar-refractivity contribution in [2.75, 3.05) is 27.4 Å². The van der Waals surface area contributed by atoms with Gasteiger partial charge in [0.05, 0.1) is 20.1 Å². The molecule has 2 aromatic carbocycles. The Bertz CT molecular complexity index is 1150. The Morgan fingerprint density at radius 3 is 2.24 bits per heavy atom. The number of benzene rings is 2. The molecule has 0 bridgehead atoms. The maximum absolute atomic E-state index is 12.4. The minimum absolute atomic E-state index is 0.0192. The summed E-state index contributed by atoms with van der Waals surface area (Å²) in [7, 11) is 3.05. The topological polar surface area (TPSA) is 101 Å². The molecule has 0 aliphatic carbocycles. The number of aromatic hydroxyl groups is 1. The Morgan fingerprint density at radius 1 is 0.947 bits per heavy atom. The zero-order valence-electron chi connectivity index (χ0n) is 23.0. The van der Waals surface area contributed by atoms with Crippen LogP contribution < -0.4 is 14.2 Å². The second kappa shape index (κ2) is 13.2. The van der Waals surface area contributed by atoms with Crippen LogP contribution >= 0.6 is 0 Å². The van der Waals surface area contributed by atoms with Gasteiger partial charge in [-0.1, -0.05) is 39.8 Å². The number of carbonyl (C=O) groups is 2. The van der Waals surface area contributed by atoms with Crippen molar-refractivity contribution in [2.45, 2.75) is 52.6 Å². The van der Waals surface area contributed by atoms with Crippen molar-refractivity contribution in [2.24, 2.45) is 11.8 Å². The predicted octanol–water partition coefficient (Wildman–Crippen LogP) is 5.82. The maximum Gasteiger partial charge on any atom is 0.306 e. The molecule has 8 heteroatoms. The highest BCUT2D eigenvalue weighted by atomic mass is 16.5. The zero-order chi connectivity index (χ0) is 27.8. The van der Waals surface area contributed by atoms with Crippen molar-refractivity contribution in [3.63, 3.8) is 0 Å². The summed E-state index contributed by atoms with van der Waals surface area (Å²) in [5.41, 5.74) is 2.42. The molecule has 0 amide bonds. The van der Waals surface area contributed by atoms with Gasteiger partial charge < -0.3 is 28.8 Å².